The van der Waals surface area contributed by atoms with Gasteiger partial charge in [-0.1, -0.05) is 48.5 Å². The predicted octanol–water partition coefficient (Wildman–Crippen LogP) is 1.60. The number of rotatable bonds is 6. The number of carbonyl (C=O) groups is 1. The van der Waals surface area contributed by atoms with Crippen LogP contribution in [0.25, 0.3) is 0 Å². The molecule has 5 heteroatoms. The molecule has 2 atom stereocenters. The van der Waals surface area contributed by atoms with E-state index in [4.69, 9.17) is 4.74 Å². The van der Waals surface area contributed by atoms with Gasteiger partial charge in [-0.15, -0.1) is 0 Å². The van der Waals surface area contributed by atoms with E-state index in [-0.39, 0.29) is 11.9 Å². The summed E-state index contributed by atoms with van der Waals surface area (Å²) in [6.45, 7) is 1.36. The fourth-order valence-corrected chi connectivity index (χ4v) is 2.75. The Bertz CT molecular complexity index is 675. The SMILES string of the molecule is O=C(NCc1ccccc1OCc1ccccc1)C1CC(O)CN1. The zero-order valence-electron chi connectivity index (χ0n) is 13.4. The summed E-state index contributed by atoms with van der Waals surface area (Å²) in [6, 6.07) is 17.3. The normalized spacial score (nSPS) is 19.9. The Hall–Kier alpha value is -2.37. The molecule has 2 unspecified atom stereocenters. The lowest BCUT2D eigenvalue weighted by Crippen LogP contribution is -2.40. The molecule has 3 N–H and O–H groups in total. The molecular formula is C19H22N2O3. The zero-order valence-corrected chi connectivity index (χ0v) is 13.4. The van der Waals surface area contributed by atoms with Gasteiger partial charge in [0.1, 0.15) is 12.4 Å². The first-order valence-corrected chi connectivity index (χ1v) is 8.16. The van der Waals surface area contributed by atoms with E-state index >= 15 is 0 Å². The molecule has 1 heterocycles. The van der Waals surface area contributed by atoms with Crippen LogP contribution in [0.4, 0.5) is 0 Å². The molecule has 1 amide bonds. The van der Waals surface area contributed by atoms with E-state index < -0.39 is 6.10 Å². The Morgan fingerprint density at radius 3 is 2.67 bits per heavy atom. The number of nitrogens with one attached hydrogen (secondary N) is 2. The second-order valence-electron chi connectivity index (χ2n) is 5.95. The van der Waals surface area contributed by atoms with E-state index in [1.165, 1.54) is 0 Å². The molecule has 1 aliphatic heterocycles. The smallest absolute Gasteiger partial charge is 0.237 e. The fraction of sp³-hybridized carbons (Fsp3) is 0.316. The molecular weight excluding hydrogens is 304 g/mol. The number of aliphatic hydroxyl groups is 1. The third-order valence-corrected chi connectivity index (χ3v) is 4.09. The first kappa shape index (κ1) is 16.5. The van der Waals surface area contributed by atoms with Crippen molar-refractivity contribution in [3.8, 4) is 5.75 Å². The van der Waals surface area contributed by atoms with Crippen molar-refractivity contribution in [2.45, 2.75) is 31.7 Å². The molecule has 0 saturated carbocycles. The largest absolute Gasteiger partial charge is 0.489 e. The van der Waals surface area contributed by atoms with Crippen molar-refractivity contribution in [2.75, 3.05) is 6.54 Å². The Morgan fingerprint density at radius 2 is 1.92 bits per heavy atom. The van der Waals surface area contributed by atoms with Crippen LogP contribution in [-0.2, 0) is 17.9 Å². The van der Waals surface area contributed by atoms with Crippen molar-refractivity contribution in [2.24, 2.45) is 0 Å². The summed E-state index contributed by atoms with van der Waals surface area (Å²) in [5.41, 5.74) is 2.03. The van der Waals surface area contributed by atoms with E-state index in [9.17, 15) is 9.90 Å². The van der Waals surface area contributed by atoms with E-state index in [1.54, 1.807) is 0 Å². The molecule has 0 spiro atoms. The van der Waals surface area contributed by atoms with Crippen molar-refractivity contribution in [3.63, 3.8) is 0 Å². The third kappa shape index (κ3) is 4.34. The van der Waals surface area contributed by atoms with Crippen LogP contribution in [0.15, 0.2) is 54.6 Å². The Morgan fingerprint density at radius 1 is 1.17 bits per heavy atom. The lowest BCUT2D eigenvalue weighted by atomic mass is 10.1. The molecule has 24 heavy (non-hydrogen) atoms. The average molecular weight is 326 g/mol. The van der Waals surface area contributed by atoms with Gasteiger partial charge in [-0.2, -0.15) is 0 Å². The Balaban J connectivity index is 1.56. The summed E-state index contributed by atoms with van der Waals surface area (Å²) in [7, 11) is 0. The van der Waals surface area contributed by atoms with Crippen LogP contribution in [0.1, 0.15) is 17.5 Å². The van der Waals surface area contributed by atoms with E-state index in [2.05, 4.69) is 10.6 Å². The second-order valence-corrected chi connectivity index (χ2v) is 5.95. The molecule has 1 saturated heterocycles. The van der Waals surface area contributed by atoms with E-state index in [1.807, 2.05) is 54.6 Å². The third-order valence-electron chi connectivity index (χ3n) is 4.09. The molecule has 1 fully saturated rings. The molecule has 0 aliphatic carbocycles. The molecule has 0 radical (unpaired) electrons. The fourth-order valence-electron chi connectivity index (χ4n) is 2.75. The highest BCUT2D eigenvalue weighted by Gasteiger charge is 2.27. The van der Waals surface area contributed by atoms with Crippen molar-refractivity contribution in [1.29, 1.82) is 0 Å². The maximum Gasteiger partial charge on any atom is 0.237 e. The van der Waals surface area contributed by atoms with Crippen molar-refractivity contribution >= 4 is 5.91 Å². The minimum atomic E-state index is -0.442. The number of aliphatic hydroxyl groups excluding tert-OH is 1. The van der Waals surface area contributed by atoms with Crippen molar-refractivity contribution in [1.82, 2.24) is 10.6 Å². The van der Waals surface area contributed by atoms with E-state index in [0.717, 1.165) is 16.9 Å². The van der Waals surface area contributed by atoms with Gasteiger partial charge in [-0.05, 0) is 18.1 Å². The molecule has 5 nitrogen and oxygen atoms in total. The van der Waals surface area contributed by atoms with Crippen LogP contribution in [0.3, 0.4) is 0 Å². The van der Waals surface area contributed by atoms with Crippen LogP contribution in [0.2, 0.25) is 0 Å². The first-order valence-electron chi connectivity index (χ1n) is 8.16. The Kier molecular flexibility index (Phi) is 5.46. The number of benzene rings is 2. The maximum absolute atomic E-state index is 12.1. The molecule has 0 bridgehead atoms. The van der Waals surface area contributed by atoms with Gasteiger partial charge in [0.15, 0.2) is 0 Å². The van der Waals surface area contributed by atoms with Gasteiger partial charge < -0.3 is 20.5 Å². The summed E-state index contributed by atoms with van der Waals surface area (Å²) >= 11 is 0. The van der Waals surface area contributed by atoms with Crippen LogP contribution >= 0.6 is 0 Å². The number of hydrogen-bond acceptors (Lipinski definition) is 4. The monoisotopic (exact) mass is 326 g/mol. The quantitative estimate of drug-likeness (QED) is 0.754. The van der Waals surface area contributed by atoms with Gasteiger partial charge in [0.25, 0.3) is 0 Å². The number of para-hydroxylation sites is 1. The van der Waals surface area contributed by atoms with Crippen LogP contribution in [-0.4, -0.2) is 29.7 Å². The summed E-state index contributed by atoms with van der Waals surface area (Å²) in [6.07, 6.45) is 0.0140. The summed E-state index contributed by atoms with van der Waals surface area (Å²) in [5.74, 6) is 0.672. The lowest BCUT2D eigenvalue weighted by molar-refractivity contribution is -0.123. The molecule has 126 valence electrons. The van der Waals surface area contributed by atoms with Gasteiger partial charge in [-0.25, -0.2) is 0 Å². The molecule has 1 aliphatic rings. The number of β-amino-alcohol motifs (C(OH)–C–C–N with tert-alkyl or cyclic N) is 1. The highest BCUT2D eigenvalue weighted by atomic mass is 16.5. The lowest BCUT2D eigenvalue weighted by Gasteiger charge is -2.14. The minimum Gasteiger partial charge on any atom is -0.489 e. The van der Waals surface area contributed by atoms with E-state index in [0.29, 0.717) is 26.1 Å². The average Bonchev–Trinajstić information content (AvgIpc) is 3.06. The van der Waals surface area contributed by atoms with Gasteiger partial charge in [0.05, 0.1) is 12.1 Å². The molecule has 2 aromatic carbocycles. The first-order chi connectivity index (χ1) is 11.7. The summed E-state index contributed by atoms with van der Waals surface area (Å²) < 4.78 is 5.89. The van der Waals surface area contributed by atoms with Gasteiger partial charge in [0, 0.05) is 18.7 Å². The number of ether oxygens (including phenoxy) is 1. The predicted molar refractivity (Wildman–Crippen MR) is 91.5 cm³/mol. The van der Waals surface area contributed by atoms with Crippen LogP contribution < -0.4 is 15.4 Å². The van der Waals surface area contributed by atoms with Crippen molar-refractivity contribution in [3.05, 3.63) is 65.7 Å². The number of amides is 1. The topological polar surface area (TPSA) is 70.6 Å². The summed E-state index contributed by atoms with van der Waals surface area (Å²) in [5, 5.41) is 15.4. The van der Waals surface area contributed by atoms with Gasteiger partial charge >= 0.3 is 0 Å². The standard InChI is InChI=1S/C19H22N2O3/c22-16-10-17(20-12-16)19(23)21-11-15-8-4-5-9-18(15)24-13-14-6-2-1-3-7-14/h1-9,16-17,20,22H,10-13H2,(H,21,23). The summed E-state index contributed by atoms with van der Waals surface area (Å²) in [4.78, 5) is 12.1. The molecule has 2 aromatic rings. The molecule has 0 aromatic heterocycles. The second kappa shape index (κ2) is 7.95. The highest BCUT2D eigenvalue weighted by Crippen LogP contribution is 2.19. The number of carbonyl (C=O) groups excluding carboxylic acids is 1. The van der Waals surface area contributed by atoms with Gasteiger partial charge in [-0.3, -0.25) is 4.79 Å². The van der Waals surface area contributed by atoms with Crippen molar-refractivity contribution < 1.29 is 14.6 Å². The minimum absolute atomic E-state index is 0.0931. The molecule has 3 rings (SSSR count). The Labute approximate surface area is 141 Å². The zero-order chi connectivity index (χ0) is 16.8. The van der Waals surface area contributed by atoms with Gasteiger partial charge in [0.2, 0.25) is 5.91 Å². The highest BCUT2D eigenvalue weighted by molar-refractivity contribution is 5.82. The van der Waals surface area contributed by atoms with Crippen LogP contribution in [0.5, 0.6) is 5.75 Å². The maximum atomic E-state index is 12.1. The number of hydrogen-bond donors (Lipinski definition) is 3. The van der Waals surface area contributed by atoms with Crippen LogP contribution in [0, 0.1) is 0 Å².